The number of nitrogens with one attached hydrogen (secondary N) is 1. The van der Waals surface area contributed by atoms with Gasteiger partial charge in [-0.15, -0.1) is 0 Å². The van der Waals surface area contributed by atoms with E-state index < -0.39 is 18.2 Å². The van der Waals surface area contributed by atoms with Crippen molar-refractivity contribution in [2.45, 2.75) is 78.2 Å². The molecule has 0 bridgehead atoms. The molecule has 0 saturated carbocycles. The van der Waals surface area contributed by atoms with Crippen molar-refractivity contribution < 1.29 is 23.0 Å². The van der Waals surface area contributed by atoms with Crippen molar-refractivity contribution in [1.82, 2.24) is 19.1 Å². The van der Waals surface area contributed by atoms with E-state index in [1.54, 1.807) is 37.6 Å². The molecule has 0 saturated heterocycles. The first-order valence-corrected chi connectivity index (χ1v) is 12.7. The Kier molecular flexibility index (Phi) is 8.43. The Labute approximate surface area is 219 Å². The van der Waals surface area contributed by atoms with Crippen molar-refractivity contribution in [1.29, 1.82) is 0 Å². The number of carbonyl (C=O) groups excluding carboxylic acids is 1. The van der Waals surface area contributed by atoms with Crippen molar-refractivity contribution in [3.63, 3.8) is 0 Å². The molecule has 0 atom stereocenters. The molecule has 3 aromatic heterocycles. The van der Waals surface area contributed by atoms with Gasteiger partial charge >= 0.3 is 18.3 Å². The quantitative estimate of drug-likeness (QED) is 0.388. The highest BCUT2D eigenvalue weighted by Crippen LogP contribution is 2.23. The van der Waals surface area contributed by atoms with E-state index in [4.69, 9.17) is 9.72 Å². The minimum Gasteiger partial charge on any atom is -0.460 e. The summed E-state index contributed by atoms with van der Waals surface area (Å²) in [6.45, 7) is 3.83. The molecule has 4 rings (SSSR count). The molecule has 38 heavy (non-hydrogen) atoms. The zero-order valence-electron chi connectivity index (χ0n) is 21.9. The number of imidazole rings is 1. The number of fused-ring (bicyclic) bond motifs is 1. The summed E-state index contributed by atoms with van der Waals surface area (Å²) in [5.41, 5.74) is 2.38. The Morgan fingerprint density at radius 3 is 2.71 bits per heavy atom. The summed E-state index contributed by atoms with van der Waals surface area (Å²) in [5, 5.41) is 3.34. The average Bonchev–Trinajstić information content (AvgIpc) is 3.17. The molecule has 0 radical (unpaired) electrons. The third-order valence-corrected chi connectivity index (χ3v) is 6.03. The number of halogens is 2. The lowest BCUT2D eigenvalue weighted by molar-refractivity contribution is -0.155. The summed E-state index contributed by atoms with van der Waals surface area (Å²) in [7, 11) is 0. The maximum atomic E-state index is 13.3. The smallest absolute Gasteiger partial charge is 0.388 e. The van der Waals surface area contributed by atoms with Gasteiger partial charge < -0.3 is 14.8 Å². The molecule has 3 aromatic rings. The lowest BCUT2D eigenvalue weighted by Gasteiger charge is -2.19. The standard InChI is InChI=1S/C27H33F2N5O4/c1-27(2,3)38-23(35)12-15-33-17-21(19-9-11-22(31-16-19)37-25(28)29)34(26(33)36)14-5-7-20-10-8-18-6-4-13-30-24(18)32-20/h8-11,16-17,25H,4-7,12-15H2,1-3H3,(H,30,32). The topological polar surface area (TPSA) is 100 Å². The Balaban J connectivity index is 1.52. The fourth-order valence-corrected chi connectivity index (χ4v) is 4.36. The van der Waals surface area contributed by atoms with Crippen LogP contribution < -0.4 is 15.7 Å². The number of aryl methyl sites for hydroxylation is 3. The summed E-state index contributed by atoms with van der Waals surface area (Å²) < 4.78 is 37.8. The van der Waals surface area contributed by atoms with Gasteiger partial charge in [0.05, 0.1) is 12.1 Å². The molecular weight excluding hydrogens is 496 g/mol. The molecule has 1 aliphatic rings. The lowest BCUT2D eigenvalue weighted by Crippen LogP contribution is -2.28. The van der Waals surface area contributed by atoms with Gasteiger partial charge in [-0.3, -0.25) is 13.9 Å². The summed E-state index contributed by atoms with van der Waals surface area (Å²) >= 11 is 0. The number of rotatable bonds is 10. The van der Waals surface area contributed by atoms with Crippen LogP contribution in [0.3, 0.4) is 0 Å². The number of anilines is 1. The first kappa shape index (κ1) is 27.3. The highest BCUT2D eigenvalue weighted by atomic mass is 19.3. The third-order valence-electron chi connectivity index (χ3n) is 6.03. The highest BCUT2D eigenvalue weighted by Gasteiger charge is 2.19. The van der Waals surface area contributed by atoms with Gasteiger partial charge in [-0.05, 0) is 64.2 Å². The fraction of sp³-hybridized carbons (Fsp3) is 0.481. The van der Waals surface area contributed by atoms with Gasteiger partial charge in [0, 0.05) is 49.4 Å². The predicted molar refractivity (Wildman–Crippen MR) is 138 cm³/mol. The lowest BCUT2D eigenvalue weighted by atomic mass is 10.1. The number of carbonyl (C=O) groups is 1. The number of pyridine rings is 2. The van der Waals surface area contributed by atoms with Crippen LogP contribution in [0.1, 0.15) is 51.3 Å². The van der Waals surface area contributed by atoms with Crippen LogP contribution in [0.25, 0.3) is 11.3 Å². The van der Waals surface area contributed by atoms with Crippen molar-refractivity contribution in [3.05, 3.63) is 58.4 Å². The summed E-state index contributed by atoms with van der Waals surface area (Å²) in [5.74, 6) is 0.312. The van der Waals surface area contributed by atoms with Crippen molar-refractivity contribution >= 4 is 11.8 Å². The van der Waals surface area contributed by atoms with Crippen LogP contribution in [0, 0.1) is 0 Å². The number of alkyl halides is 2. The molecule has 11 heteroatoms. The molecule has 1 aliphatic heterocycles. The van der Waals surface area contributed by atoms with E-state index in [1.807, 2.05) is 6.07 Å². The minimum atomic E-state index is -2.98. The van der Waals surface area contributed by atoms with Gasteiger partial charge in [0.2, 0.25) is 5.88 Å². The molecule has 0 unspecified atom stereocenters. The Morgan fingerprint density at radius 1 is 1.18 bits per heavy atom. The van der Waals surface area contributed by atoms with Crippen LogP contribution in [0.2, 0.25) is 0 Å². The third kappa shape index (κ3) is 7.17. The second-order valence-corrected chi connectivity index (χ2v) is 10.2. The molecule has 4 heterocycles. The summed E-state index contributed by atoms with van der Waals surface area (Å²) in [4.78, 5) is 34.2. The molecule has 0 amide bonds. The van der Waals surface area contributed by atoms with Crippen LogP contribution in [-0.2, 0) is 35.5 Å². The zero-order chi connectivity index (χ0) is 27.3. The van der Waals surface area contributed by atoms with E-state index in [0.717, 1.165) is 30.9 Å². The minimum absolute atomic E-state index is 0.0338. The predicted octanol–water partition coefficient (Wildman–Crippen LogP) is 4.43. The van der Waals surface area contributed by atoms with E-state index in [2.05, 4.69) is 21.1 Å². The highest BCUT2D eigenvalue weighted by molar-refractivity contribution is 5.69. The SMILES string of the molecule is CC(C)(C)OC(=O)CCn1cc(-c2ccc(OC(F)F)nc2)n(CCCc2ccc3c(n2)NCCC3)c1=O. The van der Waals surface area contributed by atoms with E-state index in [9.17, 15) is 18.4 Å². The Bertz CT molecular complexity index is 1310. The largest absolute Gasteiger partial charge is 0.460 e. The van der Waals surface area contributed by atoms with Gasteiger partial charge in [-0.25, -0.2) is 14.8 Å². The Hall–Kier alpha value is -3.76. The fourth-order valence-electron chi connectivity index (χ4n) is 4.36. The molecule has 204 valence electrons. The summed E-state index contributed by atoms with van der Waals surface area (Å²) in [6, 6.07) is 7.03. The number of nitrogens with zero attached hydrogens (tertiary/aromatic N) is 4. The van der Waals surface area contributed by atoms with Crippen LogP contribution in [0.15, 0.2) is 41.5 Å². The van der Waals surface area contributed by atoms with E-state index in [-0.39, 0.29) is 24.5 Å². The molecule has 0 aliphatic carbocycles. The van der Waals surface area contributed by atoms with Gasteiger partial charge in [-0.1, -0.05) is 6.07 Å². The first-order chi connectivity index (χ1) is 18.1. The summed E-state index contributed by atoms with van der Waals surface area (Å²) in [6.07, 6.45) is 6.50. The van der Waals surface area contributed by atoms with Crippen LogP contribution in [0.5, 0.6) is 5.88 Å². The molecule has 9 nitrogen and oxygen atoms in total. The first-order valence-electron chi connectivity index (χ1n) is 12.7. The van der Waals surface area contributed by atoms with Gasteiger partial charge in [-0.2, -0.15) is 8.78 Å². The van der Waals surface area contributed by atoms with Crippen LogP contribution in [0.4, 0.5) is 14.6 Å². The number of ether oxygens (including phenoxy) is 2. The number of esters is 1. The normalized spacial score (nSPS) is 13.2. The van der Waals surface area contributed by atoms with E-state index in [1.165, 1.54) is 22.4 Å². The monoisotopic (exact) mass is 529 g/mol. The molecular formula is C27H33F2N5O4. The van der Waals surface area contributed by atoms with Crippen molar-refractivity contribution in [2.24, 2.45) is 0 Å². The van der Waals surface area contributed by atoms with Crippen molar-refractivity contribution in [3.8, 4) is 17.1 Å². The molecule has 0 aromatic carbocycles. The second-order valence-electron chi connectivity index (χ2n) is 10.2. The molecule has 1 N–H and O–H groups in total. The van der Waals surface area contributed by atoms with Crippen molar-refractivity contribution in [2.75, 3.05) is 11.9 Å². The maximum Gasteiger partial charge on any atom is 0.388 e. The Morgan fingerprint density at radius 2 is 2.00 bits per heavy atom. The second kappa shape index (κ2) is 11.7. The van der Waals surface area contributed by atoms with Gasteiger partial charge in [0.15, 0.2) is 0 Å². The van der Waals surface area contributed by atoms with Crippen LogP contribution in [-0.4, -0.2) is 43.8 Å². The van der Waals surface area contributed by atoms with Crippen LogP contribution >= 0.6 is 0 Å². The maximum absolute atomic E-state index is 13.3. The van der Waals surface area contributed by atoms with Gasteiger partial charge in [0.25, 0.3) is 0 Å². The zero-order valence-corrected chi connectivity index (χ0v) is 21.9. The molecule has 0 fully saturated rings. The average molecular weight is 530 g/mol. The van der Waals surface area contributed by atoms with E-state index >= 15 is 0 Å². The number of hydrogen-bond donors (Lipinski definition) is 1. The number of hydrogen-bond acceptors (Lipinski definition) is 7. The van der Waals surface area contributed by atoms with Gasteiger partial charge in [0.1, 0.15) is 11.4 Å². The number of aromatic nitrogens is 4. The molecule has 0 spiro atoms. The van der Waals surface area contributed by atoms with E-state index in [0.29, 0.717) is 30.6 Å².